The molecule has 0 unspecified atom stereocenters. The normalized spacial score (nSPS) is 11.0. The van der Waals surface area contributed by atoms with Gasteiger partial charge < -0.3 is 5.32 Å². The number of fused-ring (bicyclic) bond motifs is 1. The highest BCUT2D eigenvalue weighted by atomic mass is 16.2. The zero-order valence-corrected chi connectivity index (χ0v) is 24.9. The van der Waals surface area contributed by atoms with E-state index in [1.807, 2.05) is 99.6 Å². The number of para-hydroxylation sites is 1. The van der Waals surface area contributed by atoms with E-state index < -0.39 is 17.5 Å². The molecule has 2 heterocycles. The van der Waals surface area contributed by atoms with Crippen LogP contribution in [-0.4, -0.2) is 32.2 Å². The minimum atomic E-state index is -0.866. The fourth-order valence-corrected chi connectivity index (χ4v) is 5.22. The van der Waals surface area contributed by atoms with E-state index in [-0.39, 0.29) is 16.8 Å². The molecule has 0 fully saturated rings. The van der Waals surface area contributed by atoms with E-state index >= 15 is 0 Å². The van der Waals surface area contributed by atoms with Crippen molar-refractivity contribution in [2.24, 2.45) is 0 Å². The summed E-state index contributed by atoms with van der Waals surface area (Å²) < 4.78 is 1.68. The molecular formula is C37H30N4O3. The number of hydrogen-bond donors (Lipinski definition) is 1. The van der Waals surface area contributed by atoms with Gasteiger partial charge in [-0.15, -0.1) is 0 Å². The first-order chi connectivity index (χ1) is 21.2. The van der Waals surface area contributed by atoms with E-state index in [0.717, 1.165) is 22.4 Å². The number of benzene rings is 4. The van der Waals surface area contributed by atoms with Crippen LogP contribution in [-0.2, 0) is 4.79 Å². The summed E-state index contributed by atoms with van der Waals surface area (Å²) >= 11 is 0. The topological polar surface area (TPSA) is 93.9 Å². The molecule has 0 saturated heterocycles. The third-order valence-electron chi connectivity index (χ3n) is 7.60. The number of Topliss-reactive ketones (excluding diaryl/α,β-unsaturated/α-hetero) is 1. The van der Waals surface area contributed by atoms with Crippen molar-refractivity contribution in [1.82, 2.24) is 14.8 Å². The molecule has 0 aliphatic heterocycles. The van der Waals surface area contributed by atoms with Crippen LogP contribution in [0.15, 0.2) is 103 Å². The fraction of sp³-hybridized carbons (Fsp3) is 0.108. The van der Waals surface area contributed by atoms with E-state index in [1.54, 1.807) is 35.9 Å². The highest BCUT2D eigenvalue weighted by Gasteiger charge is 2.33. The van der Waals surface area contributed by atoms with E-state index in [9.17, 15) is 14.4 Å². The van der Waals surface area contributed by atoms with E-state index in [4.69, 9.17) is 10.1 Å². The Morgan fingerprint density at radius 2 is 1.23 bits per heavy atom. The summed E-state index contributed by atoms with van der Waals surface area (Å²) in [6, 6.07) is 31.3. The molecule has 2 aromatic heterocycles. The first-order valence-corrected chi connectivity index (χ1v) is 14.3. The second-order valence-electron chi connectivity index (χ2n) is 11.0. The molecule has 6 rings (SSSR count). The third-order valence-corrected chi connectivity index (χ3v) is 7.60. The van der Waals surface area contributed by atoms with Gasteiger partial charge in [0.2, 0.25) is 0 Å². The van der Waals surface area contributed by atoms with E-state index in [1.165, 1.54) is 0 Å². The number of carbonyl (C=O) groups is 3. The van der Waals surface area contributed by atoms with Gasteiger partial charge in [0.25, 0.3) is 11.7 Å². The van der Waals surface area contributed by atoms with Gasteiger partial charge in [0.1, 0.15) is 0 Å². The van der Waals surface area contributed by atoms with Crippen LogP contribution in [0.3, 0.4) is 0 Å². The van der Waals surface area contributed by atoms with Gasteiger partial charge in [0.05, 0.1) is 28.0 Å². The van der Waals surface area contributed by atoms with Gasteiger partial charge in [-0.1, -0.05) is 95.6 Å². The summed E-state index contributed by atoms with van der Waals surface area (Å²) in [6.45, 7) is 7.61. The number of nitrogens with one attached hydrogen (secondary N) is 1. The van der Waals surface area contributed by atoms with E-state index in [2.05, 4.69) is 5.32 Å². The fourth-order valence-electron chi connectivity index (χ4n) is 5.22. The molecule has 1 N–H and O–H groups in total. The van der Waals surface area contributed by atoms with Crippen molar-refractivity contribution in [3.05, 3.63) is 142 Å². The molecule has 44 heavy (non-hydrogen) atoms. The van der Waals surface area contributed by atoms with Gasteiger partial charge in [0, 0.05) is 22.4 Å². The number of anilines is 1. The summed E-state index contributed by atoms with van der Waals surface area (Å²) in [5.74, 6) is -2.12. The maximum Gasteiger partial charge on any atom is 0.296 e. The highest BCUT2D eigenvalue weighted by Crippen LogP contribution is 2.35. The molecule has 7 nitrogen and oxygen atoms in total. The van der Waals surface area contributed by atoms with Crippen LogP contribution in [0.1, 0.15) is 48.7 Å². The Bertz CT molecular complexity index is 2040. The molecule has 4 aromatic carbocycles. The van der Waals surface area contributed by atoms with Crippen LogP contribution in [0.25, 0.3) is 28.0 Å². The van der Waals surface area contributed by atoms with Gasteiger partial charge in [0.15, 0.2) is 11.4 Å². The zero-order chi connectivity index (χ0) is 31.0. The second kappa shape index (κ2) is 11.5. The van der Waals surface area contributed by atoms with Crippen molar-refractivity contribution in [3.8, 4) is 16.9 Å². The monoisotopic (exact) mass is 578 g/mol. The summed E-state index contributed by atoms with van der Waals surface area (Å²) in [4.78, 5) is 47.4. The standard InChI is InChI=1S/C37H30N4O3/c1-22-10-16-26(17-11-22)33-32(35(43)37(44)38-28-20-14-24(3)15-21-28)31(34(42)27-18-12-23(2)13-19-27)30-25(4)40-41(36(30)39-33)29-8-6-5-7-9-29/h5-21H,1-4H3,(H,38,44). The Balaban J connectivity index is 1.67. The molecule has 6 aromatic rings. The number of aryl methyl sites for hydroxylation is 4. The van der Waals surface area contributed by atoms with Crippen LogP contribution in [0.4, 0.5) is 5.69 Å². The van der Waals surface area contributed by atoms with Crippen LogP contribution in [0.2, 0.25) is 0 Å². The Morgan fingerprint density at radius 3 is 1.84 bits per heavy atom. The summed E-state index contributed by atoms with van der Waals surface area (Å²) in [5.41, 5.74) is 6.41. The number of nitrogens with zero attached hydrogens (tertiary/aromatic N) is 3. The SMILES string of the molecule is Cc1ccc(NC(=O)C(=O)c2c(-c3ccc(C)cc3)nc3c(c(C)nn3-c3ccccc3)c2C(=O)c2ccc(C)cc2)cc1. The minimum Gasteiger partial charge on any atom is -0.319 e. The van der Waals surface area contributed by atoms with Crippen molar-refractivity contribution >= 4 is 34.2 Å². The van der Waals surface area contributed by atoms with Gasteiger partial charge in [-0.3, -0.25) is 14.4 Å². The Hall–Kier alpha value is -5.69. The zero-order valence-electron chi connectivity index (χ0n) is 24.9. The first-order valence-electron chi connectivity index (χ1n) is 14.3. The molecule has 0 radical (unpaired) electrons. The molecule has 7 heteroatoms. The van der Waals surface area contributed by atoms with Crippen molar-refractivity contribution in [2.75, 3.05) is 5.32 Å². The molecular weight excluding hydrogens is 548 g/mol. The predicted molar refractivity (Wildman–Crippen MR) is 173 cm³/mol. The lowest BCUT2D eigenvalue weighted by Crippen LogP contribution is -2.26. The van der Waals surface area contributed by atoms with Crippen molar-refractivity contribution < 1.29 is 14.4 Å². The number of hydrogen-bond acceptors (Lipinski definition) is 5. The van der Waals surface area contributed by atoms with Crippen LogP contribution < -0.4 is 5.32 Å². The largest absolute Gasteiger partial charge is 0.319 e. The number of carbonyl (C=O) groups excluding carboxylic acids is 3. The summed E-state index contributed by atoms with van der Waals surface area (Å²) in [7, 11) is 0. The van der Waals surface area contributed by atoms with Gasteiger partial charge in [-0.2, -0.15) is 5.10 Å². The Morgan fingerprint density at radius 1 is 0.659 bits per heavy atom. The predicted octanol–water partition coefficient (Wildman–Crippen LogP) is 7.37. The third kappa shape index (κ3) is 5.31. The summed E-state index contributed by atoms with van der Waals surface area (Å²) in [5, 5.41) is 7.90. The molecule has 1 amide bonds. The molecule has 0 spiro atoms. The number of aromatic nitrogens is 3. The van der Waals surface area contributed by atoms with E-state index in [0.29, 0.717) is 33.5 Å². The van der Waals surface area contributed by atoms with Gasteiger partial charge in [-0.25, -0.2) is 9.67 Å². The second-order valence-corrected chi connectivity index (χ2v) is 11.0. The lowest BCUT2D eigenvalue weighted by atomic mass is 9.89. The van der Waals surface area contributed by atoms with Crippen molar-refractivity contribution in [2.45, 2.75) is 27.7 Å². The smallest absolute Gasteiger partial charge is 0.296 e. The van der Waals surface area contributed by atoms with Crippen molar-refractivity contribution in [1.29, 1.82) is 0 Å². The van der Waals surface area contributed by atoms with Crippen LogP contribution in [0.5, 0.6) is 0 Å². The molecule has 0 aliphatic carbocycles. The van der Waals surface area contributed by atoms with Gasteiger partial charge >= 0.3 is 0 Å². The number of pyridine rings is 1. The lowest BCUT2D eigenvalue weighted by molar-refractivity contribution is -0.112. The van der Waals surface area contributed by atoms with Crippen molar-refractivity contribution in [3.63, 3.8) is 0 Å². The average molecular weight is 579 g/mol. The number of amides is 1. The maximum atomic E-state index is 14.5. The molecule has 0 bridgehead atoms. The number of ketones is 2. The summed E-state index contributed by atoms with van der Waals surface area (Å²) in [6.07, 6.45) is 0. The Kier molecular flexibility index (Phi) is 7.45. The lowest BCUT2D eigenvalue weighted by Gasteiger charge is -2.16. The maximum absolute atomic E-state index is 14.5. The average Bonchev–Trinajstić information content (AvgIpc) is 3.37. The van der Waals surface area contributed by atoms with Crippen LogP contribution in [0, 0.1) is 27.7 Å². The Labute approximate surface area is 255 Å². The first kappa shape index (κ1) is 28.4. The quantitative estimate of drug-likeness (QED) is 0.158. The molecule has 0 aliphatic rings. The molecule has 0 atom stereocenters. The minimum absolute atomic E-state index is 0.0627. The van der Waals surface area contributed by atoms with Crippen LogP contribution >= 0.6 is 0 Å². The number of rotatable bonds is 7. The van der Waals surface area contributed by atoms with Gasteiger partial charge in [-0.05, 0) is 52.0 Å². The highest BCUT2D eigenvalue weighted by molar-refractivity contribution is 6.49. The molecule has 0 saturated carbocycles. The molecule has 216 valence electrons.